The molecular weight excluding hydrogens is 273 g/mol. The van der Waals surface area contributed by atoms with E-state index in [9.17, 15) is 18.0 Å². The Kier molecular flexibility index (Phi) is 5.42. The first kappa shape index (κ1) is 16.3. The van der Waals surface area contributed by atoms with Crippen molar-refractivity contribution in [3.8, 4) is 5.75 Å². The van der Waals surface area contributed by atoms with Crippen molar-refractivity contribution in [2.75, 3.05) is 6.61 Å². The van der Waals surface area contributed by atoms with E-state index in [0.29, 0.717) is 17.9 Å². The second-order valence-corrected chi connectivity index (χ2v) is 4.57. The second-order valence-electron chi connectivity index (χ2n) is 4.57. The molecule has 1 rings (SSSR count). The van der Waals surface area contributed by atoms with E-state index >= 15 is 0 Å². The Hall–Kier alpha value is -1.72. The van der Waals surface area contributed by atoms with Gasteiger partial charge in [-0.3, -0.25) is 0 Å². The standard InChI is InChI=1S/C14H17F3O3/c1-4-19-11-7-5-10(6-8-11)12(9(2)3)20-13(18)14(15,16)17/h5-9,12H,4H2,1-3H3. The summed E-state index contributed by atoms with van der Waals surface area (Å²) in [6, 6.07) is 6.46. The molecule has 112 valence electrons. The van der Waals surface area contributed by atoms with Gasteiger partial charge in [-0.1, -0.05) is 26.0 Å². The van der Waals surface area contributed by atoms with E-state index in [0.717, 1.165) is 0 Å². The van der Waals surface area contributed by atoms with Gasteiger partial charge in [-0.15, -0.1) is 0 Å². The van der Waals surface area contributed by atoms with Gasteiger partial charge in [-0.25, -0.2) is 4.79 Å². The number of rotatable bonds is 5. The van der Waals surface area contributed by atoms with Gasteiger partial charge in [-0.2, -0.15) is 13.2 Å². The van der Waals surface area contributed by atoms with E-state index in [1.165, 1.54) is 0 Å². The summed E-state index contributed by atoms with van der Waals surface area (Å²) in [5, 5.41) is 0. The molecule has 0 saturated heterocycles. The van der Waals surface area contributed by atoms with Crippen molar-refractivity contribution in [3.63, 3.8) is 0 Å². The number of esters is 1. The normalized spacial score (nSPS) is 13.2. The Labute approximate surface area is 115 Å². The first-order valence-corrected chi connectivity index (χ1v) is 6.26. The fourth-order valence-corrected chi connectivity index (χ4v) is 1.69. The highest BCUT2D eigenvalue weighted by Gasteiger charge is 2.42. The molecule has 0 spiro atoms. The summed E-state index contributed by atoms with van der Waals surface area (Å²) in [7, 11) is 0. The van der Waals surface area contributed by atoms with E-state index in [1.807, 2.05) is 6.92 Å². The van der Waals surface area contributed by atoms with Crippen LogP contribution in [0, 0.1) is 5.92 Å². The zero-order chi connectivity index (χ0) is 15.3. The molecule has 3 nitrogen and oxygen atoms in total. The third-order valence-corrected chi connectivity index (χ3v) is 2.59. The molecule has 0 aliphatic rings. The number of hydrogen-bond donors (Lipinski definition) is 0. The molecule has 0 radical (unpaired) electrons. The molecule has 1 aromatic carbocycles. The van der Waals surface area contributed by atoms with Crippen LogP contribution >= 0.6 is 0 Å². The van der Waals surface area contributed by atoms with Gasteiger partial charge in [-0.05, 0) is 30.5 Å². The molecule has 1 unspecified atom stereocenters. The van der Waals surface area contributed by atoms with Crippen LogP contribution < -0.4 is 4.74 Å². The van der Waals surface area contributed by atoms with E-state index in [-0.39, 0.29) is 5.92 Å². The number of carbonyl (C=O) groups excluding carboxylic acids is 1. The van der Waals surface area contributed by atoms with Crippen LogP contribution in [0.25, 0.3) is 0 Å². The number of carbonyl (C=O) groups is 1. The molecule has 0 aromatic heterocycles. The fourth-order valence-electron chi connectivity index (χ4n) is 1.69. The first-order chi connectivity index (χ1) is 9.25. The molecule has 0 amide bonds. The molecule has 6 heteroatoms. The SMILES string of the molecule is CCOc1ccc(C(OC(=O)C(F)(F)F)C(C)C)cc1. The van der Waals surface area contributed by atoms with E-state index in [2.05, 4.69) is 4.74 Å². The summed E-state index contributed by atoms with van der Waals surface area (Å²) in [6.45, 7) is 5.70. The van der Waals surface area contributed by atoms with Gasteiger partial charge >= 0.3 is 12.1 Å². The average Bonchev–Trinajstić information content (AvgIpc) is 2.35. The van der Waals surface area contributed by atoms with E-state index in [4.69, 9.17) is 4.74 Å². The van der Waals surface area contributed by atoms with Crippen LogP contribution in [0.5, 0.6) is 5.75 Å². The quantitative estimate of drug-likeness (QED) is 0.772. The predicted octanol–water partition coefficient (Wildman–Crippen LogP) is 3.89. The van der Waals surface area contributed by atoms with Crippen LogP contribution in [0.2, 0.25) is 0 Å². The van der Waals surface area contributed by atoms with Gasteiger partial charge in [0.15, 0.2) is 0 Å². The Morgan fingerprint density at radius 2 is 1.75 bits per heavy atom. The molecule has 1 aromatic rings. The van der Waals surface area contributed by atoms with E-state index < -0.39 is 18.2 Å². The predicted molar refractivity (Wildman–Crippen MR) is 67.3 cm³/mol. The Balaban J connectivity index is 2.88. The lowest BCUT2D eigenvalue weighted by molar-refractivity contribution is -0.207. The molecule has 0 aliphatic carbocycles. The van der Waals surface area contributed by atoms with Crippen LogP contribution in [0.1, 0.15) is 32.4 Å². The van der Waals surface area contributed by atoms with Crippen LogP contribution in [-0.4, -0.2) is 18.8 Å². The van der Waals surface area contributed by atoms with Gasteiger partial charge in [0.25, 0.3) is 0 Å². The van der Waals surface area contributed by atoms with Crippen molar-refractivity contribution < 1.29 is 27.4 Å². The monoisotopic (exact) mass is 290 g/mol. The maximum absolute atomic E-state index is 12.3. The number of halogens is 3. The number of alkyl halides is 3. The maximum Gasteiger partial charge on any atom is 0.490 e. The molecule has 0 aliphatic heterocycles. The molecule has 0 N–H and O–H groups in total. The summed E-state index contributed by atoms with van der Waals surface area (Å²) >= 11 is 0. The molecule has 1 atom stereocenters. The molecule has 0 bridgehead atoms. The Morgan fingerprint density at radius 1 is 1.20 bits per heavy atom. The third-order valence-electron chi connectivity index (χ3n) is 2.59. The van der Waals surface area contributed by atoms with Crippen LogP contribution in [0.3, 0.4) is 0 Å². The summed E-state index contributed by atoms with van der Waals surface area (Å²) in [6.07, 6.45) is -5.93. The second kappa shape index (κ2) is 6.63. The summed E-state index contributed by atoms with van der Waals surface area (Å²) in [5.74, 6) is -1.84. The lowest BCUT2D eigenvalue weighted by atomic mass is 9.99. The van der Waals surface area contributed by atoms with Crippen molar-refractivity contribution in [2.45, 2.75) is 33.1 Å². The Bertz CT molecular complexity index is 438. The zero-order valence-corrected chi connectivity index (χ0v) is 11.5. The summed E-state index contributed by atoms with van der Waals surface area (Å²) in [5.41, 5.74) is 0.501. The third kappa shape index (κ3) is 4.43. The zero-order valence-electron chi connectivity index (χ0n) is 11.5. The highest BCUT2D eigenvalue weighted by atomic mass is 19.4. The molecule has 0 saturated carbocycles. The largest absolute Gasteiger partial charge is 0.494 e. The van der Waals surface area contributed by atoms with Gasteiger partial charge in [0, 0.05) is 0 Å². The van der Waals surface area contributed by atoms with Crippen LogP contribution in [-0.2, 0) is 9.53 Å². The maximum atomic E-state index is 12.3. The van der Waals surface area contributed by atoms with Gasteiger partial charge in [0.2, 0.25) is 0 Å². The number of benzene rings is 1. The van der Waals surface area contributed by atoms with Crippen LogP contribution in [0.15, 0.2) is 24.3 Å². The van der Waals surface area contributed by atoms with Crippen molar-refractivity contribution in [3.05, 3.63) is 29.8 Å². The number of ether oxygens (including phenoxy) is 2. The topological polar surface area (TPSA) is 35.5 Å². The minimum absolute atomic E-state index is 0.278. The number of hydrogen-bond acceptors (Lipinski definition) is 3. The lowest BCUT2D eigenvalue weighted by Crippen LogP contribution is -2.28. The van der Waals surface area contributed by atoms with E-state index in [1.54, 1.807) is 38.1 Å². The molecule has 20 heavy (non-hydrogen) atoms. The highest BCUT2D eigenvalue weighted by Crippen LogP contribution is 2.30. The smallest absolute Gasteiger partial charge is 0.490 e. The fraction of sp³-hybridized carbons (Fsp3) is 0.500. The molecular formula is C14H17F3O3. The minimum Gasteiger partial charge on any atom is -0.494 e. The average molecular weight is 290 g/mol. The molecule has 0 heterocycles. The van der Waals surface area contributed by atoms with Crippen molar-refractivity contribution in [2.24, 2.45) is 5.92 Å². The van der Waals surface area contributed by atoms with Crippen molar-refractivity contribution >= 4 is 5.97 Å². The van der Waals surface area contributed by atoms with Crippen LogP contribution in [0.4, 0.5) is 13.2 Å². The lowest BCUT2D eigenvalue weighted by Gasteiger charge is -2.22. The van der Waals surface area contributed by atoms with Gasteiger partial charge < -0.3 is 9.47 Å². The van der Waals surface area contributed by atoms with Crippen molar-refractivity contribution in [1.29, 1.82) is 0 Å². The summed E-state index contributed by atoms with van der Waals surface area (Å²) < 4.78 is 46.6. The first-order valence-electron chi connectivity index (χ1n) is 6.26. The van der Waals surface area contributed by atoms with Gasteiger partial charge in [0.05, 0.1) is 6.61 Å². The van der Waals surface area contributed by atoms with Crippen molar-refractivity contribution in [1.82, 2.24) is 0 Å². The molecule has 0 fully saturated rings. The van der Waals surface area contributed by atoms with Gasteiger partial charge in [0.1, 0.15) is 11.9 Å². The summed E-state index contributed by atoms with van der Waals surface area (Å²) in [4.78, 5) is 11.0. The highest BCUT2D eigenvalue weighted by molar-refractivity contribution is 5.75. The Morgan fingerprint density at radius 3 is 2.15 bits per heavy atom. The minimum atomic E-state index is -4.99.